The van der Waals surface area contributed by atoms with Gasteiger partial charge in [-0.05, 0) is 51.1 Å². The highest BCUT2D eigenvalue weighted by Crippen LogP contribution is 2.38. The number of rotatable bonds is 5. The molecule has 1 aliphatic rings. The fraction of sp³-hybridized carbons (Fsp3) is 0.643. The third kappa shape index (κ3) is 4.07. The van der Waals surface area contributed by atoms with Crippen LogP contribution in [0.2, 0.25) is 5.28 Å². The van der Waals surface area contributed by atoms with Crippen LogP contribution in [0.4, 0.5) is 11.5 Å². The van der Waals surface area contributed by atoms with E-state index in [1.54, 1.807) is 6.92 Å². The molecule has 0 spiro atoms. The van der Waals surface area contributed by atoms with Crippen molar-refractivity contribution in [2.24, 2.45) is 5.41 Å². The topological polar surface area (TPSA) is 107 Å². The summed E-state index contributed by atoms with van der Waals surface area (Å²) in [7, 11) is 0. The number of aromatic nitrogens is 2. The molecule has 23 heavy (non-hydrogen) atoms. The lowest BCUT2D eigenvalue weighted by Crippen LogP contribution is -2.38. The van der Waals surface area contributed by atoms with Crippen molar-refractivity contribution in [1.82, 2.24) is 9.97 Å². The number of hydrogen-bond acceptors (Lipinski definition) is 7. The fourth-order valence-electron chi connectivity index (χ4n) is 2.70. The summed E-state index contributed by atoms with van der Waals surface area (Å²) >= 11 is 5.71. The smallest absolute Gasteiger partial charge is 0.329 e. The Morgan fingerprint density at radius 1 is 1.57 bits per heavy atom. The molecule has 1 aliphatic carbocycles. The van der Waals surface area contributed by atoms with Gasteiger partial charge < -0.3 is 10.1 Å². The highest BCUT2D eigenvalue weighted by atomic mass is 35.5. The Hall–Kier alpha value is -1.96. The lowest BCUT2D eigenvalue weighted by molar-refractivity contribution is -0.384. The van der Waals surface area contributed by atoms with Crippen molar-refractivity contribution < 1.29 is 14.5 Å². The second-order valence-electron chi connectivity index (χ2n) is 5.83. The van der Waals surface area contributed by atoms with Crippen molar-refractivity contribution >= 4 is 29.1 Å². The zero-order chi connectivity index (χ0) is 17.0. The Morgan fingerprint density at radius 2 is 2.22 bits per heavy atom. The van der Waals surface area contributed by atoms with Crippen LogP contribution in [0, 0.1) is 15.5 Å². The molecule has 1 aromatic rings. The summed E-state index contributed by atoms with van der Waals surface area (Å²) in [4.78, 5) is 30.0. The van der Waals surface area contributed by atoms with Crippen molar-refractivity contribution in [2.75, 3.05) is 11.9 Å². The average Bonchev–Trinajstić information content (AvgIpc) is 2.50. The van der Waals surface area contributed by atoms with E-state index in [1.165, 1.54) is 0 Å². The van der Waals surface area contributed by atoms with Crippen LogP contribution in [0.5, 0.6) is 0 Å². The van der Waals surface area contributed by atoms with Crippen LogP contribution in [0.15, 0.2) is 6.20 Å². The predicted octanol–water partition coefficient (Wildman–Crippen LogP) is 2.96. The van der Waals surface area contributed by atoms with Crippen LogP contribution in [0.1, 0.15) is 39.5 Å². The van der Waals surface area contributed by atoms with Gasteiger partial charge >= 0.3 is 11.7 Å². The molecular formula is C14H19ClN4O4. The number of esters is 1. The van der Waals surface area contributed by atoms with Crippen molar-refractivity contribution in [3.8, 4) is 0 Å². The molecule has 8 nitrogen and oxygen atoms in total. The minimum Gasteiger partial charge on any atom is -0.466 e. The Kier molecular flexibility index (Phi) is 5.35. The van der Waals surface area contributed by atoms with E-state index in [2.05, 4.69) is 15.3 Å². The van der Waals surface area contributed by atoms with Crippen LogP contribution < -0.4 is 5.32 Å². The monoisotopic (exact) mass is 342 g/mol. The van der Waals surface area contributed by atoms with E-state index in [4.69, 9.17) is 16.3 Å². The van der Waals surface area contributed by atoms with Gasteiger partial charge in [0.2, 0.25) is 11.1 Å². The van der Waals surface area contributed by atoms with Gasteiger partial charge in [0.1, 0.15) is 6.20 Å². The maximum absolute atomic E-state index is 12.0. The first-order valence-corrected chi connectivity index (χ1v) is 7.84. The Labute approximate surface area is 138 Å². The number of nitrogens with zero attached hydrogens (tertiary/aromatic N) is 3. The summed E-state index contributed by atoms with van der Waals surface area (Å²) in [6, 6.07) is -0.0119. The van der Waals surface area contributed by atoms with Crippen LogP contribution in [-0.4, -0.2) is 33.5 Å². The number of carbonyl (C=O) groups excluding carboxylic acids is 1. The standard InChI is InChI=1S/C14H19ClN4O4/c1-3-23-12(20)14(2)6-4-9(5-7-14)17-11-10(19(21)22)8-16-13(15)18-11/h8-9H,3-7H2,1-2H3,(H,16,17,18). The minimum atomic E-state index is -0.551. The van der Waals surface area contributed by atoms with Crippen LogP contribution in [0.25, 0.3) is 0 Å². The molecule has 0 aliphatic heterocycles. The number of carbonyl (C=O) groups is 1. The maximum Gasteiger partial charge on any atom is 0.329 e. The van der Waals surface area contributed by atoms with Gasteiger partial charge in [0.25, 0.3) is 0 Å². The van der Waals surface area contributed by atoms with Gasteiger partial charge in [0.15, 0.2) is 0 Å². The first kappa shape index (κ1) is 17.4. The molecule has 0 unspecified atom stereocenters. The lowest BCUT2D eigenvalue weighted by atomic mass is 9.74. The van der Waals surface area contributed by atoms with Gasteiger partial charge in [0, 0.05) is 6.04 Å². The van der Waals surface area contributed by atoms with Gasteiger partial charge in [-0.1, -0.05) is 0 Å². The first-order valence-electron chi connectivity index (χ1n) is 7.46. The van der Waals surface area contributed by atoms with Crippen molar-refractivity contribution in [3.63, 3.8) is 0 Å². The molecule has 9 heteroatoms. The molecule has 0 aromatic carbocycles. The molecule has 1 saturated carbocycles. The molecule has 1 aromatic heterocycles. The summed E-state index contributed by atoms with van der Waals surface area (Å²) in [6.45, 7) is 4.04. The predicted molar refractivity (Wildman–Crippen MR) is 84.3 cm³/mol. The first-order chi connectivity index (χ1) is 10.9. The SMILES string of the molecule is CCOC(=O)C1(C)CCC(Nc2nc(Cl)ncc2[N+](=O)[O-])CC1. The van der Waals surface area contributed by atoms with E-state index in [9.17, 15) is 14.9 Å². The summed E-state index contributed by atoms with van der Waals surface area (Å²) in [5.74, 6) is -0.0748. The van der Waals surface area contributed by atoms with Gasteiger partial charge in [0.05, 0.1) is 16.9 Å². The molecule has 126 valence electrons. The Bertz CT molecular complexity index is 602. The molecule has 2 rings (SSSR count). The summed E-state index contributed by atoms with van der Waals surface area (Å²) < 4.78 is 5.12. The average molecular weight is 343 g/mol. The van der Waals surface area contributed by atoms with Crippen molar-refractivity contribution in [1.29, 1.82) is 0 Å². The van der Waals surface area contributed by atoms with E-state index < -0.39 is 10.3 Å². The fourth-order valence-corrected chi connectivity index (χ4v) is 2.83. The van der Waals surface area contributed by atoms with Crippen LogP contribution in [0.3, 0.4) is 0 Å². The summed E-state index contributed by atoms with van der Waals surface area (Å²) in [5, 5.41) is 14.0. The second-order valence-corrected chi connectivity index (χ2v) is 6.17. The zero-order valence-corrected chi connectivity index (χ0v) is 13.8. The van der Waals surface area contributed by atoms with Gasteiger partial charge in [-0.3, -0.25) is 14.9 Å². The van der Waals surface area contributed by atoms with Gasteiger partial charge in [-0.2, -0.15) is 4.98 Å². The molecule has 1 fully saturated rings. The third-order valence-electron chi connectivity index (χ3n) is 4.13. The second kappa shape index (κ2) is 7.08. The molecule has 0 saturated heterocycles. The molecule has 0 radical (unpaired) electrons. The Morgan fingerprint density at radius 3 is 2.78 bits per heavy atom. The maximum atomic E-state index is 12.0. The minimum absolute atomic E-state index is 0.0119. The van der Waals surface area contributed by atoms with E-state index in [0.717, 1.165) is 6.20 Å². The molecular weight excluding hydrogens is 324 g/mol. The zero-order valence-electron chi connectivity index (χ0n) is 13.0. The van der Waals surface area contributed by atoms with E-state index in [-0.39, 0.29) is 28.8 Å². The van der Waals surface area contributed by atoms with Gasteiger partial charge in [-0.15, -0.1) is 0 Å². The molecule has 1 heterocycles. The largest absolute Gasteiger partial charge is 0.466 e. The normalized spacial score (nSPS) is 24.0. The molecule has 0 atom stereocenters. The number of halogens is 1. The highest BCUT2D eigenvalue weighted by molar-refractivity contribution is 6.28. The number of ether oxygens (including phenoxy) is 1. The van der Waals surface area contributed by atoms with Gasteiger partial charge in [-0.25, -0.2) is 4.98 Å². The van der Waals surface area contributed by atoms with Crippen LogP contribution >= 0.6 is 11.6 Å². The van der Waals surface area contributed by atoms with E-state index >= 15 is 0 Å². The summed E-state index contributed by atoms with van der Waals surface area (Å²) in [6.07, 6.45) is 3.76. The summed E-state index contributed by atoms with van der Waals surface area (Å²) in [5.41, 5.74) is -0.711. The molecule has 0 bridgehead atoms. The molecule has 0 amide bonds. The van der Waals surface area contributed by atoms with Crippen molar-refractivity contribution in [2.45, 2.75) is 45.6 Å². The lowest BCUT2D eigenvalue weighted by Gasteiger charge is -2.35. The van der Waals surface area contributed by atoms with E-state index in [1.807, 2.05) is 6.92 Å². The van der Waals surface area contributed by atoms with Crippen molar-refractivity contribution in [3.05, 3.63) is 21.6 Å². The highest BCUT2D eigenvalue weighted by Gasteiger charge is 2.39. The number of nitrogens with one attached hydrogen (secondary N) is 1. The van der Waals surface area contributed by atoms with E-state index in [0.29, 0.717) is 32.3 Å². The number of hydrogen-bond donors (Lipinski definition) is 1. The van der Waals surface area contributed by atoms with Crippen LogP contribution in [-0.2, 0) is 9.53 Å². The quantitative estimate of drug-likeness (QED) is 0.379. The Balaban J connectivity index is 2.03. The molecule has 1 N–H and O–H groups in total. The number of nitro groups is 1. The number of anilines is 1. The third-order valence-corrected chi connectivity index (χ3v) is 4.32.